The second-order valence-corrected chi connectivity index (χ2v) is 8.71. The average molecular weight is 397 g/mol. The van der Waals surface area contributed by atoms with E-state index in [1.165, 1.54) is 11.3 Å². The first-order valence-electron chi connectivity index (χ1n) is 7.78. The van der Waals surface area contributed by atoms with Gasteiger partial charge in [0, 0.05) is 25.1 Å². The van der Waals surface area contributed by atoms with E-state index in [-0.39, 0.29) is 19.0 Å². The highest BCUT2D eigenvalue weighted by atomic mass is 32.2. The highest BCUT2D eigenvalue weighted by Gasteiger charge is 2.36. The Morgan fingerprint density at radius 3 is 2.85 bits per heavy atom. The van der Waals surface area contributed by atoms with E-state index >= 15 is 0 Å². The minimum Gasteiger partial charge on any atom is -0.333 e. The van der Waals surface area contributed by atoms with Crippen molar-refractivity contribution in [3.05, 3.63) is 53.2 Å². The van der Waals surface area contributed by atoms with Gasteiger partial charge in [-0.25, -0.2) is 17.2 Å². The fraction of sp³-hybridized carbons (Fsp3) is 0.250. The standard InChI is InChI=1S/C16H13F2N3O3S2/c17-11-3-4-14(12(18)8-11)26(22,23)21-6-5-10(9-21)15-19-16(24-20-15)13-2-1-7-25-13/h1-4,7-8,10H,5-6,9H2. The molecule has 1 saturated heterocycles. The Kier molecular flexibility index (Phi) is 4.33. The Morgan fingerprint density at radius 1 is 1.27 bits per heavy atom. The summed E-state index contributed by atoms with van der Waals surface area (Å²) in [6.45, 7) is 0.315. The predicted molar refractivity (Wildman–Crippen MR) is 90.1 cm³/mol. The van der Waals surface area contributed by atoms with Crippen LogP contribution in [0.15, 0.2) is 45.1 Å². The van der Waals surface area contributed by atoms with Crippen molar-refractivity contribution in [3.63, 3.8) is 0 Å². The minimum absolute atomic E-state index is 0.114. The summed E-state index contributed by atoms with van der Waals surface area (Å²) in [5.74, 6) is -1.36. The zero-order valence-corrected chi connectivity index (χ0v) is 14.9. The Bertz CT molecular complexity index is 1030. The number of benzene rings is 1. The van der Waals surface area contributed by atoms with Gasteiger partial charge in [0.1, 0.15) is 16.5 Å². The van der Waals surface area contributed by atoms with Gasteiger partial charge in [0.25, 0.3) is 5.89 Å². The van der Waals surface area contributed by atoms with Crippen molar-refractivity contribution in [2.75, 3.05) is 13.1 Å². The normalized spacial score (nSPS) is 18.5. The molecular weight excluding hydrogens is 384 g/mol. The molecule has 3 heterocycles. The van der Waals surface area contributed by atoms with Gasteiger partial charge < -0.3 is 4.52 Å². The lowest BCUT2D eigenvalue weighted by Gasteiger charge is -2.16. The second-order valence-electron chi connectivity index (χ2n) is 5.86. The number of aromatic nitrogens is 2. The van der Waals surface area contributed by atoms with Crippen LogP contribution in [-0.2, 0) is 10.0 Å². The molecule has 1 unspecified atom stereocenters. The van der Waals surface area contributed by atoms with Crippen LogP contribution in [0.25, 0.3) is 10.8 Å². The van der Waals surface area contributed by atoms with Crippen LogP contribution >= 0.6 is 11.3 Å². The van der Waals surface area contributed by atoms with Gasteiger partial charge in [-0.05, 0) is 30.0 Å². The van der Waals surface area contributed by atoms with Crippen molar-refractivity contribution in [1.82, 2.24) is 14.4 Å². The first kappa shape index (κ1) is 17.3. The van der Waals surface area contributed by atoms with Crippen molar-refractivity contribution in [2.45, 2.75) is 17.2 Å². The number of sulfonamides is 1. The van der Waals surface area contributed by atoms with Crippen LogP contribution in [0.1, 0.15) is 18.2 Å². The van der Waals surface area contributed by atoms with E-state index < -0.39 is 26.6 Å². The quantitative estimate of drug-likeness (QED) is 0.675. The monoisotopic (exact) mass is 397 g/mol. The fourth-order valence-corrected chi connectivity index (χ4v) is 5.07. The van der Waals surface area contributed by atoms with Gasteiger partial charge in [-0.15, -0.1) is 11.3 Å². The maximum atomic E-state index is 13.9. The van der Waals surface area contributed by atoms with Crippen molar-refractivity contribution >= 4 is 21.4 Å². The predicted octanol–water partition coefficient (Wildman–Crippen LogP) is 3.25. The van der Waals surface area contributed by atoms with E-state index in [4.69, 9.17) is 4.52 Å². The third-order valence-corrected chi connectivity index (χ3v) is 6.96. The summed E-state index contributed by atoms with van der Waals surface area (Å²) in [4.78, 5) is 4.64. The Balaban J connectivity index is 1.55. The largest absolute Gasteiger partial charge is 0.333 e. The molecule has 1 atom stereocenters. The zero-order valence-electron chi connectivity index (χ0n) is 13.3. The van der Waals surface area contributed by atoms with Crippen LogP contribution in [0.4, 0.5) is 8.78 Å². The summed E-state index contributed by atoms with van der Waals surface area (Å²) in [6, 6.07) is 6.15. The molecular formula is C16H13F2N3O3S2. The molecule has 3 aromatic rings. The summed E-state index contributed by atoms with van der Waals surface area (Å²) in [6.07, 6.45) is 0.492. The highest BCUT2D eigenvalue weighted by Crippen LogP contribution is 2.32. The van der Waals surface area contributed by atoms with Crippen molar-refractivity contribution in [1.29, 1.82) is 0 Å². The van der Waals surface area contributed by atoms with E-state index in [2.05, 4.69) is 10.1 Å². The summed E-state index contributed by atoms with van der Waals surface area (Å²) >= 11 is 1.46. The summed E-state index contributed by atoms with van der Waals surface area (Å²) in [5, 5.41) is 5.84. The van der Waals surface area contributed by atoms with Gasteiger partial charge in [-0.1, -0.05) is 11.2 Å². The fourth-order valence-electron chi connectivity index (χ4n) is 2.88. The van der Waals surface area contributed by atoms with E-state index in [1.54, 1.807) is 0 Å². The van der Waals surface area contributed by atoms with Crippen LogP contribution in [0.2, 0.25) is 0 Å². The lowest BCUT2D eigenvalue weighted by molar-refractivity contribution is 0.414. The SMILES string of the molecule is O=S(=O)(c1ccc(F)cc1F)N1CCC(c2noc(-c3cccs3)n2)C1. The molecule has 1 aliphatic heterocycles. The molecule has 10 heteroatoms. The summed E-state index contributed by atoms with van der Waals surface area (Å²) in [7, 11) is -4.06. The van der Waals surface area contributed by atoms with Crippen LogP contribution in [-0.4, -0.2) is 36.0 Å². The third-order valence-electron chi connectivity index (χ3n) is 4.20. The van der Waals surface area contributed by atoms with Gasteiger partial charge in [0.05, 0.1) is 4.88 Å². The molecule has 0 spiro atoms. The molecule has 1 aliphatic rings. The highest BCUT2D eigenvalue weighted by molar-refractivity contribution is 7.89. The molecule has 0 saturated carbocycles. The zero-order chi connectivity index (χ0) is 18.3. The van der Waals surface area contributed by atoms with Crippen LogP contribution in [0, 0.1) is 11.6 Å². The summed E-state index contributed by atoms with van der Waals surface area (Å²) in [5.41, 5.74) is 0. The van der Waals surface area contributed by atoms with Gasteiger partial charge in [-0.2, -0.15) is 9.29 Å². The Hall–Kier alpha value is -2.17. The lowest BCUT2D eigenvalue weighted by atomic mass is 10.1. The number of halogens is 2. The van der Waals surface area contributed by atoms with Crippen LogP contribution in [0.3, 0.4) is 0 Å². The first-order chi connectivity index (χ1) is 12.4. The number of thiophene rings is 1. The van der Waals surface area contributed by atoms with Crippen molar-refractivity contribution in [3.8, 4) is 10.8 Å². The molecule has 1 fully saturated rings. The smallest absolute Gasteiger partial charge is 0.267 e. The van der Waals surface area contributed by atoms with E-state index in [0.29, 0.717) is 24.2 Å². The Labute approximate surface area is 152 Å². The number of hydrogen-bond acceptors (Lipinski definition) is 6. The molecule has 0 N–H and O–H groups in total. The van der Waals surface area contributed by atoms with E-state index in [1.807, 2.05) is 17.5 Å². The van der Waals surface area contributed by atoms with Gasteiger partial charge >= 0.3 is 0 Å². The molecule has 1 aromatic carbocycles. The maximum Gasteiger partial charge on any atom is 0.267 e. The van der Waals surface area contributed by atoms with Gasteiger partial charge in [0.2, 0.25) is 10.0 Å². The number of hydrogen-bond donors (Lipinski definition) is 0. The van der Waals surface area contributed by atoms with Crippen LogP contribution < -0.4 is 0 Å². The average Bonchev–Trinajstić information content (AvgIpc) is 3.34. The molecule has 2 aromatic heterocycles. The maximum absolute atomic E-state index is 13.9. The molecule has 0 aliphatic carbocycles. The molecule has 0 bridgehead atoms. The number of nitrogens with zero attached hydrogens (tertiary/aromatic N) is 3. The number of rotatable bonds is 4. The van der Waals surface area contributed by atoms with E-state index in [0.717, 1.165) is 21.3 Å². The topological polar surface area (TPSA) is 76.3 Å². The molecule has 4 rings (SSSR count). The van der Waals surface area contributed by atoms with E-state index in [9.17, 15) is 17.2 Å². The Morgan fingerprint density at radius 2 is 2.12 bits per heavy atom. The molecule has 6 nitrogen and oxygen atoms in total. The van der Waals surface area contributed by atoms with Crippen molar-refractivity contribution in [2.24, 2.45) is 0 Å². The molecule has 0 amide bonds. The first-order valence-corrected chi connectivity index (χ1v) is 10.1. The second kappa shape index (κ2) is 6.53. The molecule has 0 radical (unpaired) electrons. The molecule has 26 heavy (non-hydrogen) atoms. The minimum atomic E-state index is -4.06. The van der Waals surface area contributed by atoms with Crippen LogP contribution in [0.5, 0.6) is 0 Å². The van der Waals surface area contributed by atoms with Crippen molar-refractivity contribution < 1.29 is 21.7 Å². The van der Waals surface area contributed by atoms with Gasteiger partial charge in [-0.3, -0.25) is 0 Å². The third kappa shape index (κ3) is 3.04. The summed E-state index contributed by atoms with van der Waals surface area (Å²) < 4.78 is 58.6. The lowest BCUT2D eigenvalue weighted by Crippen LogP contribution is -2.29. The van der Waals surface area contributed by atoms with Gasteiger partial charge in [0.15, 0.2) is 5.82 Å². The molecule has 136 valence electrons.